The Labute approximate surface area is 200 Å². The Morgan fingerprint density at radius 1 is 0.706 bits per heavy atom. The normalized spacial score (nSPS) is 23.3. The van der Waals surface area contributed by atoms with E-state index in [2.05, 4.69) is 55.4 Å². The summed E-state index contributed by atoms with van der Waals surface area (Å²) in [6, 6.07) is 9.98. The molecule has 2 fully saturated rings. The van der Waals surface area contributed by atoms with E-state index in [4.69, 9.17) is 28.5 Å². The highest BCUT2D eigenvalue weighted by Crippen LogP contribution is 2.42. The molecule has 176 valence electrons. The standard InChI is InChI=1S/C25H30B2N2O5/c1-22(2)23(3,4)32-26(31-22)15-9-11-18-20(13-15)30-19-12-10-17(16-14-28-29(18)21(16)19)27-33-24(5,6)25(7,8)34-27/h9-14H,1-8H3. The van der Waals surface area contributed by atoms with Gasteiger partial charge in [0.1, 0.15) is 11.2 Å². The van der Waals surface area contributed by atoms with Crippen LogP contribution in [0.5, 0.6) is 11.5 Å². The lowest BCUT2D eigenvalue weighted by Crippen LogP contribution is -2.41. The number of fused-ring (bicyclic) bond motifs is 2. The molecule has 0 atom stereocenters. The van der Waals surface area contributed by atoms with Crippen LogP contribution in [0.3, 0.4) is 0 Å². The zero-order valence-corrected chi connectivity index (χ0v) is 21.1. The van der Waals surface area contributed by atoms with Crippen molar-refractivity contribution >= 4 is 36.1 Å². The van der Waals surface area contributed by atoms with Crippen LogP contribution in [0.4, 0.5) is 0 Å². The predicted octanol–water partition coefficient (Wildman–Crippen LogP) is 3.73. The molecule has 0 spiro atoms. The highest BCUT2D eigenvalue weighted by molar-refractivity contribution is 6.65. The third-order valence-corrected chi connectivity index (χ3v) is 8.19. The third kappa shape index (κ3) is 2.97. The van der Waals surface area contributed by atoms with Crippen molar-refractivity contribution in [3.63, 3.8) is 0 Å². The molecule has 1 aromatic heterocycles. The SMILES string of the molecule is CC1(C)OB(c2ccc3c(c2)Oc2ccc(B4OC(C)(C)C(C)(C)O4)c4cnn-3c24)OC1(C)C. The maximum atomic E-state index is 6.36. The highest BCUT2D eigenvalue weighted by Gasteiger charge is 2.53. The molecule has 0 bridgehead atoms. The Morgan fingerprint density at radius 2 is 1.29 bits per heavy atom. The monoisotopic (exact) mass is 460 g/mol. The lowest BCUT2D eigenvalue weighted by molar-refractivity contribution is 0.00578. The maximum Gasteiger partial charge on any atom is 0.495 e. The molecule has 34 heavy (non-hydrogen) atoms. The molecule has 3 aromatic rings. The quantitative estimate of drug-likeness (QED) is 0.425. The molecule has 3 aliphatic heterocycles. The van der Waals surface area contributed by atoms with Crippen molar-refractivity contribution < 1.29 is 23.4 Å². The summed E-state index contributed by atoms with van der Waals surface area (Å²) >= 11 is 0. The van der Waals surface area contributed by atoms with Gasteiger partial charge in [-0.3, -0.25) is 0 Å². The van der Waals surface area contributed by atoms with E-state index in [1.54, 1.807) is 0 Å². The van der Waals surface area contributed by atoms with Crippen LogP contribution in [0, 0.1) is 0 Å². The summed E-state index contributed by atoms with van der Waals surface area (Å²) in [4.78, 5) is 0. The van der Waals surface area contributed by atoms with Crippen LogP contribution in [-0.4, -0.2) is 46.4 Å². The molecule has 0 aliphatic carbocycles. The Hall–Kier alpha value is -2.32. The van der Waals surface area contributed by atoms with Gasteiger partial charge < -0.3 is 23.4 Å². The van der Waals surface area contributed by atoms with Crippen molar-refractivity contribution in [1.82, 2.24) is 9.78 Å². The zero-order valence-electron chi connectivity index (χ0n) is 21.1. The van der Waals surface area contributed by atoms with Crippen LogP contribution < -0.4 is 15.7 Å². The highest BCUT2D eigenvalue weighted by atomic mass is 16.7. The molecule has 0 N–H and O–H groups in total. The molecule has 0 unspecified atom stereocenters. The largest absolute Gasteiger partial charge is 0.495 e. The van der Waals surface area contributed by atoms with Gasteiger partial charge in [-0.05, 0) is 84.5 Å². The molecule has 0 saturated carbocycles. The summed E-state index contributed by atoms with van der Waals surface area (Å²) < 4.78 is 33.4. The van der Waals surface area contributed by atoms with Gasteiger partial charge >= 0.3 is 14.2 Å². The van der Waals surface area contributed by atoms with Crippen molar-refractivity contribution in [2.75, 3.05) is 0 Å². The van der Waals surface area contributed by atoms with Gasteiger partial charge in [0.15, 0.2) is 11.5 Å². The molecule has 2 aromatic carbocycles. The van der Waals surface area contributed by atoms with Crippen molar-refractivity contribution in [3.05, 3.63) is 36.5 Å². The van der Waals surface area contributed by atoms with Crippen LogP contribution in [-0.2, 0) is 18.6 Å². The fraction of sp³-hybridized carbons (Fsp3) is 0.480. The number of aromatic nitrogens is 2. The molecular weight excluding hydrogens is 430 g/mol. The molecule has 0 amide bonds. The van der Waals surface area contributed by atoms with E-state index in [0.717, 1.165) is 33.3 Å². The molecule has 6 rings (SSSR count). The van der Waals surface area contributed by atoms with Gasteiger partial charge in [0, 0.05) is 5.39 Å². The van der Waals surface area contributed by atoms with Crippen LogP contribution in [0.2, 0.25) is 0 Å². The fourth-order valence-electron chi connectivity index (χ4n) is 4.60. The maximum absolute atomic E-state index is 6.36. The van der Waals surface area contributed by atoms with Crippen molar-refractivity contribution in [3.8, 4) is 17.2 Å². The molecule has 7 nitrogen and oxygen atoms in total. The molecule has 3 aliphatic rings. The zero-order chi connectivity index (χ0) is 24.3. The number of ether oxygens (including phenoxy) is 1. The first-order valence-corrected chi connectivity index (χ1v) is 11.8. The van der Waals surface area contributed by atoms with Gasteiger partial charge in [0.2, 0.25) is 0 Å². The van der Waals surface area contributed by atoms with E-state index in [9.17, 15) is 0 Å². The Balaban J connectivity index is 1.38. The van der Waals surface area contributed by atoms with E-state index < -0.39 is 36.6 Å². The first-order chi connectivity index (χ1) is 15.8. The topological polar surface area (TPSA) is 64.0 Å². The van der Waals surface area contributed by atoms with Crippen molar-refractivity contribution in [1.29, 1.82) is 0 Å². The fourth-order valence-corrected chi connectivity index (χ4v) is 4.60. The van der Waals surface area contributed by atoms with Crippen molar-refractivity contribution in [2.45, 2.75) is 77.8 Å². The minimum atomic E-state index is -0.469. The van der Waals surface area contributed by atoms with Gasteiger partial charge in [0.05, 0.1) is 28.6 Å². The minimum absolute atomic E-state index is 0.404. The minimum Gasteiger partial charge on any atom is -0.453 e. The van der Waals surface area contributed by atoms with E-state index in [-0.39, 0.29) is 0 Å². The molecule has 4 heterocycles. The Morgan fingerprint density at radius 3 is 1.91 bits per heavy atom. The van der Waals surface area contributed by atoms with E-state index in [0.29, 0.717) is 5.75 Å². The van der Waals surface area contributed by atoms with Crippen LogP contribution >= 0.6 is 0 Å². The third-order valence-electron chi connectivity index (χ3n) is 8.19. The van der Waals surface area contributed by atoms with Gasteiger partial charge in [-0.15, -0.1) is 0 Å². The molecule has 2 saturated heterocycles. The van der Waals surface area contributed by atoms with E-state index in [1.165, 1.54) is 0 Å². The molecule has 9 heteroatoms. The number of nitrogens with zero attached hydrogens (tertiary/aromatic N) is 2. The molecular formula is C25H30B2N2O5. The first kappa shape index (κ1) is 22.2. The smallest absolute Gasteiger partial charge is 0.453 e. The Bertz CT molecular complexity index is 1300. The summed E-state index contributed by atoms with van der Waals surface area (Å²) in [5.41, 5.74) is 2.00. The lowest BCUT2D eigenvalue weighted by atomic mass is 9.77. The second-order valence-corrected chi connectivity index (χ2v) is 11.5. The summed E-state index contributed by atoms with van der Waals surface area (Å²) in [6.45, 7) is 16.4. The van der Waals surface area contributed by atoms with E-state index >= 15 is 0 Å². The average molecular weight is 460 g/mol. The van der Waals surface area contributed by atoms with Crippen molar-refractivity contribution in [2.24, 2.45) is 0 Å². The lowest BCUT2D eigenvalue weighted by Gasteiger charge is -2.32. The van der Waals surface area contributed by atoms with Gasteiger partial charge in [-0.1, -0.05) is 12.1 Å². The average Bonchev–Trinajstić information content (AvgIpc) is 3.33. The van der Waals surface area contributed by atoms with Crippen LogP contribution in [0.15, 0.2) is 36.5 Å². The first-order valence-electron chi connectivity index (χ1n) is 11.8. The van der Waals surface area contributed by atoms with Gasteiger partial charge in [-0.2, -0.15) is 5.10 Å². The van der Waals surface area contributed by atoms with Gasteiger partial charge in [0.25, 0.3) is 0 Å². The number of hydrogen-bond donors (Lipinski definition) is 0. The Kier molecular flexibility index (Phi) is 4.34. The second kappa shape index (κ2) is 6.66. The number of benzene rings is 2. The van der Waals surface area contributed by atoms with Crippen LogP contribution in [0.25, 0.3) is 16.6 Å². The van der Waals surface area contributed by atoms with Crippen LogP contribution in [0.1, 0.15) is 55.4 Å². The number of rotatable bonds is 2. The predicted molar refractivity (Wildman–Crippen MR) is 133 cm³/mol. The summed E-state index contributed by atoms with van der Waals surface area (Å²) in [6.07, 6.45) is 1.86. The second-order valence-electron chi connectivity index (χ2n) is 11.5. The summed E-state index contributed by atoms with van der Waals surface area (Å²) in [5, 5.41) is 5.66. The summed E-state index contributed by atoms with van der Waals surface area (Å²) in [5.74, 6) is 1.46. The number of hydrogen-bond acceptors (Lipinski definition) is 6. The van der Waals surface area contributed by atoms with E-state index in [1.807, 2.05) is 41.2 Å². The summed E-state index contributed by atoms with van der Waals surface area (Å²) in [7, 11) is -0.924. The van der Waals surface area contributed by atoms with Gasteiger partial charge in [-0.25, -0.2) is 4.68 Å². The molecule has 0 radical (unpaired) electrons.